The second-order valence-electron chi connectivity index (χ2n) is 5.88. The fourth-order valence-electron chi connectivity index (χ4n) is 2.68. The van der Waals surface area contributed by atoms with E-state index in [-0.39, 0.29) is 0 Å². The van der Waals surface area contributed by atoms with Gasteiger partial charge in [-0.05, 0) is 32.2 Å². The summed E-state index contributed by atoms with van der Waals surface area (Å²) in [7, 11) is -0.572. The summed E-state index contributed by atoms with van der Waals surface area (Å²) in [5.74, 6) is 0. The molecular weight excluding hydrogens is 248 g/mol. The number of rotatable bonds is 10. The normalized spacial score (nSPS) is 17.9. The fraction of sp³-hybridized carbons (Fsp3) is 0.882. The van der Waals surface area contributed by atoms with Gasteiger partial charge in [-0.2, -0.15) is 0 Å². The lowest BCUT2D eigenvalue weighted by Gasteiger charge is -2.20. The summed E-state index contributed by atoms with van der Waals surface area (Å²) < 4.78 is 5.91. The summed E-state index contributed by atoms with van der Waals surface area (Å²) in [6, 6.07) is 1.34. The van der Waals surface area contributed by atoms with Crippen LogP contribution >= 0.6 is 0 Å². The van der Waals surface area contributed by atoms with E-state index in [0.717, 1.165) is 6.61 Å². The third kappa shape index (κ3) is 8.64. The second-order valence-corrected chi connectivity index (χ2v) is 8.30. The molecule has 0 amide bonds. The second kappa shape index (κ2) is 11.7. The van der Waals surface area contributed by atoms with E-state index in [2.05, 4.69) is 19.9 Å². The molecule has 0 saturated carbocycles. The molecule has 2 heteroatoms. The van der Waals surface area contributed by atoms with Crippen LogP contribution in [0, 0.1) is 0 Å². The highest BCUT2D eigenvalue weighted by Gasteiger charge is 2.18. The van der Waals surface area contributed by atoms with Gasteiger partial charge >= 0.3 is 0 Å². The number of hydrogen-bond donors (Lipinski definition) is 0. The van der Waals surface area contributed by atoms with E-state index in [1.165, 1.54) is 76.7 Å². The summed E-state index contributed by atoms with van der Waals surface area (Å²) in [4.78, 5) is 0. The summed E-state index contributed by atoms with van der Waals surface area (Å²) in [6.45, 7) is 5.59. The molecule has 1 radical (unpaired) electrons. The zero-order valence-corrected chi connectivity index (χ0v) is 14.2. The predicted molar refractivity (Wildman–Crippen MR) is 86.7 cm³/mol. The van der Waals surface area contributed by atoms with Crippen LogP contribution in [0.2, 0.25) is 6.04 Å². The molecule has 0 aromatic carbocycles. The Morgan fingerprint density at radius 3 is 2.32 bits per heavy atom. The molecule has 0 aromatic rings. The Hall–Kier alpha value is -0.0831. The van der Waals surface area contributed by atoms with Gasteiger partial charge in [0.2, 0.25) is 9.04 Å². The number of hydrogen-bond acceptors (Lipinski definition) is 1. The minimum atomic E-state index is -0.572. The molecule has 0 aromatic heterocycles. The van der Waals surface area contributed by atoms with Crippen LogP contribution in [-0.4, -0.2) is 15.6 Å². The Balaban J connectivity index is 1.94. The van der Waals surface area contributed by atoms with E-state index in [4.69, 9.17) is 4.43 Å². The standard InChI is InChI=1S/C17H33OSi/c1-3-4-5-6-7-8-9-10-11-14-17(2)19-16-13-12-15-18-19/h14H,3-13,15-16H2,1-2H3/b17-14+. The molecule has 0 spiro atoms. The molecule has 0 bridgehead atoms. The molecule has 1 saturated heterocycles. The molecular formula is C17H33OSi. The van der Waals surface area contributed by atoms with Gasteiger partial charge in [-0.3, -0.25) is 0 Å². The molecule has 1 aliphatic heterocycles. The van der Waals surface area contributed by atoms with Crippen molar-refractivity contribution in [3.63, 3.8) is 0 Å². The molecule has 1 rings (SSSR count). The molecule has 0 atom stereocenters. The molecule has 0 unspecified atom stereocenters. The van der Waals surface area contributed by atoms with Gasteiger partial charge in [-0.15, -0.1) is 0 Å². The smallest absolute Gasteiger partial charge is 0.241 e. The Kier molecular flexibility index (Phi) is 10.5. The summed E-state index contributed by atoms with van der Waals surface area (Å²) >= 11 is 0. The zero-order chi connectivity index (χ0) is 13.8. The molecule has 1 heterocycles. The first kappa shape index (κ1) is 17.0. The van der Waals surface area contributed by atoms with Crippen LogP contribution in [-0.2, 0) is 4.43 Å². The quantitative estimate of drug-likeness (QED) is 0.363. The number of allylic oxidation sites excluding steroid dienone is 2. The molecule has 19 heavy (non-hydrogen) atoms. The average Bonchev–Trinajstić information content (AvgIpc) is 2.46. The van der Waals surface area contributed by atoms with Crippen molar-refractivity contribution in [2.45, 2.75) is 90.5 Å². The van der Waals surface area contributed by atoms with Gasteiger partial charge in [-0.25, -0.2) is 0 Å². The SMILES string of the molecule is CCCCCCCCCC/C=C(\C)[Si]1CCCCO1. The highest BCUT2D eigenvalue weighted by Crippen LogP contribution is 2.18. The molecule has 0 aliphatic carbocycles. The van der Waals surface area contributed by atoms with Gasteiger partial charge < -0.3 is 4.43 Å². The average molecular weight is 282 g/mol. The highest BCUT2D eigenvalue weighted by atomic mass is 28.3. The van der Waals surface area contributed by atoms with Gasteiger partial charge in [0, 0.05) is 6.61 Å². The van der Waals surface area contributed by atoms with Crippen molar-refractivity contribution >= 4 is 9.04 Å². The number of unbranched alkanes of at least 4 members (excludes halogenated alkanes) is 8. The summed E-state index contributed by atoms with van der Waals surface area (Å²) in [5, 5.41) is 1.58. The zero-order valence-electron chi connectivity index (χ0n) is 13.2. The lowest BCUT2D eigenvalue weighted by molar-refractivity contribution is 0.292. The minimum absolute atomic E-state index is 0.572. The van der Waals surface area contributed by atoms with Crippen LogP contribution in [0.15, 0.2) is 11.3 Å². The molecule has 0 N–H and O–H groups in total. The molecule has 1 fully saturated rings. The van der Waals surface area contributed by atoms with Gasteiger partial charge in [0.05, 0.1) is 0 Å². The Bertz CT molecular complexity index is 231. The fourth-order valence-corrected chi connectivity index (χ4v) is 4.78. The maximum Gasteiger partial charge on any atom is 0.241 e. The first-order valence-corrected chi connectivity index (χ1v) is 10.1. The van der Waals surface area contributed by atoms with E-state index in [9.17, 15) is 0 Å². The lowest BCUT2D eigenvalue weighted by Crippen LogP contribution is -2.24. The van der Waals surface area contributed by atoms with Crippen molar-refractivity contribution in [1.29, 1.82) is 0 Å². The van der Waals surface area contributed by atoms with E-state index in [1.54, 1.807) is 5.20 Å². The maximum absolute atomic E-state index is 5.91. The highest BCUT2D eigenvalue weighted by molar-refractivity contribution is 6.60. The minimum Gasteiger partial charge on any atom is -0.412 e. The van der Waals surface area contributed by atoms with Crippen LogP contribution in [0.1, 0.15) is 84.5 Å². The van der Waals surface area contributed by atoms with Crippen LogP contribution in [0.4, 0.5) is 0 Å². The molecule has 1 nitrogen and oxygen atoms in total. The largest absolute Gasteiger partial charge is 0.412 e. The summed E-state index contributed by atoms with van der Waals surface area (Å²) in [6.07, 6.45) is 17.8. The Morgan fingerprint density at radius 2 is 1.68 bits per heavy atom. The molecule has 111 valence electrons. The van der Waals surface area contributed by atoms with Crippen LogP contribution in [0.3, 0.4) is 0 Å². The van der Waals surface area contributed by atoms with Crippen LogP contribution < -0.4 is 0 Å². The first-order valence-electron chi connectivity index (χ1n) is 8.50. The van der Waals surface area contributed by atoms with E-state index >= 15 is 0 Å². The van der Waals surface area contributed by atoms with Crippen molar-refractivity contribution in [2.24, 2.45) is 0 Å². The van der Waals surface area contributed by atoms with Crippen molar-refractivity contribution in [3.05, 3.63) is 11.3 Å². The summed E-state index contributed by atoms with van der Waals surface area (Å²) in [5.41, 5.74) is 0. The third-order valence-corrected chi connectivity index (χ3v) is 6.47. The maximum atomic E-state index is 5.91. The Labute approximate surface area is 122 Å². The monoisotopic (exact) mass is 281 g/mol. The van der Waals surface area contributed by atoms with Crippen molar-refractivity contribution in [3.8, 4) is 0 Å². The molecule has 1 aliphatic rings. The lowest BCUT2D eigenvalue weighted by atomic mass is 10.1. The van der Waals surface area contributed by atoms with Gasteiger partial charge in [0.25, 0.3) is 0 Å². The van der Waals surface area contributed by atoms with E-state index < -0.39 is 9.04 Å². The topological polar surface area (TPSA) is 9.23 Å². The predicted octanol–water partition coefficient (Wildman–Crippen LogP) is 5.80. The van der Waals surface area contributed by atoms with Crippen LogP contribution in [0.5, 0.6) is 0 Å². The van der Waals surface area contributed by atoms with E-state index in [0.29, 0.717) is 0 Å². The van der Waals surface area contributed by atoms with Crippen molar-refractivity contribution < 1.29 is 4.43 Å². The van der Waals surface area contributed by atoms with Gasteiger partial charge in [0.1, 0.15) is 0 Å². The van der Waals surface area contributed by atoms with Crippen molar-refractivity contribution in [2.75, 3.05) is 6.61 Å². The third-order valence-electron chi connectivity index (χ3n) is 4.02. The Morgan fingerprint density at radius 1 is 1.00 bits per heavy atom. The van der Waals surface area contributed by atoms with Gasteiger partial charge in [0.15, 0.2) is 0 Å². The van der Waals surface area contributed by atoms with Gasteiger partial charge in [-0.1, -0.05) is 69.6 Å². The van der Waals surface area contributed by atoms with Crippen LogP contribution in [0.25, 0.3) is 0 Å². The van der Waals surface area contributed by atoms with E-state index in [1.807, 2.05) is 0 Å². The van der Waals surface area contributed by atoms with Crippen molar-refractivity contribution in [1.82, 2.24) is 0 Å². The first-order chi connectivity index (χ1) is 9.34.